The molecule has 1 atom stereocenters. The van der Waals surface area contributed by atoms with E-state index < -0.39 is 5.60 Å². The number of thiazole rings is 1. The summed E-state index contributed by atoms with van der Waals surface area (Å²) in [4.78, 5) is 9.20. The topological polar surface area (TPSA) is 74.7 Å². The minimum atomic E-state index is -1.03. The molecule has 3 rings (SSSR count). The molecule has 0 aliphatic rings. The molecular formula is C14H14N4OS. The van der Waals surface area contributed by atoms with Crippen molar-refractivity contribution >= 4 is 11.3 Å². The van der Waals surface area contributed by atoms with E-state index in [0.717, 1.165) is 21.0 Å². The van der Waals surface area contributed by atoms with Gasteiger partial charge >= 0.3 is 0 Å². The average molecular weight is 286 g/mol. The lowest BCUT2D eigenvalue weighted by atomic mass is 9.91. The van der Waals surface area contributed by atoms with Gasteiger partial charge in [0.1, 0.15) is 10.6 Å². The lowest BCUT2D eigenvalue weighted by molar-refractivity contribution is 0.0801. The van der Waals surface area contributed by atoms with Crippen LogP contribution in [0.2, 0.25) is 0 Å². The van der Waals surface area contributed by atoms with Crippen molar-refractivity contribution in [2.45, 2.75) is 18.9 Å². The lowest BCUT2D eigenvalue weighted by Gasteiger charge is -2.25. The molecule has 1 unspecified atom stereocenters. The molecule has 0 saturated heterocycles. The number of H-pyrrole nitrogens is 1. The van der Waals surface area contributed by atoms with Crippen molar-refractivity contribution in [2.24, 2.45) is 0 Å². The summed E-state index contributed by atoms with van der Waals surface area (Å²) in [5.74, 6) is 0. The highest BCUT2D eigenvalue weighted by Crippen LogP contribution is 2.38. The van der Waals surface area contributed by atoms with Crippen LogP contribution in [0.1, 0.15) is 23.8 Å². The predicted octanol–water partition coefficient (Wildman–Crippen LogP) is 2.57. The Morgan fingerprint density at radius 1 is 1.30 bits per heavy atom. The highest BCUT2D eigenvalue weighted by Gasteiger charge is 2.32. The zero-order valence-corrected chi connectivity index (χ0v) is 11.8. The van der Waals surface area contributed by atoms with E-state index >= 15 is 0 Å². The monoisotopic (exact) mass is 286 g/mol. The molecule has 0 spiro atoms. The quantitative estimate of drug-likeness (QED) is 0.773. The van der Waals surface area contributed by atoms with Crippen LogP contribution in [0, 0.1) is 0 Å². The number of aromatic amines is 1. The Hall–Kier alpha value is -2.05. The molecule has 0 radical (unpaired) electrons. The molecule has 102 valence electrons. The maximum atomic E-state index is 11.0. The molecule has 0 saturated carbocycles. The van der Waals surface area contributed by atoms with Gasteiger partial charge < -0.3 is 5.11 Å². The fraction of sp³-hybridized carbons (Fsp3) is 0.214. The smallest absolute Gasteiger partial charge is 0.126 e. The van der Waals surface area contributed by atoms with E-state index in [4.69, 9.17) is 0 Å². The molecule has 3 heterocycles. The van der Waals surface area contributed by atoms with Crippen LogP contribution in [0.3, 0.4) is 0 Å². The summed E-state index contributed by atoms with van der Waals surface area (Å²) in [5.41, 5.74) is 0.731. The summed E-state index contributed by atoms with van der Waals surface area (Å²) >= 11 is 1.48. The molecule has 0 aliphatic heterocycles. The zero-order chi connectivity index (χ0) is 14.0. The third-order valence-electron chi connectivity index (χ3n) is 3.33. The van der Waals surface area contributed by atoms with Gasteiger partial charge in [-0.25, -0.2) is 4.98 Å². The third kappa shape index (κ3) is 2.13. The van der Waals surface area contributed by atoms with E-state index in [2.05, 4.69) is 20.2 Å². The van der Waals surface area contributed by atoms with E-state index in [9.17, 15) is 5.11 Å². The molecule has 0 fully saturated rings. The van der Waals surface area contributed by atoms with Gasteiger partial charge in [-0.05, 0) is 24.1 Å². The maximum Gasteiger partial charge on any atom is 0.126 e. The molecule has 20 heavy (non-hydrogen) atoms. The fourth-order valence-electron chi connectivity index (χ4n) is 2.11. The van der Waals surface area contributed by atoms with E-state index in [1.54, 1.807) is 31.0 Å². The van der Waals surface area contributed by atoms with Crippen molar-refractivity contribution < 1.29 is 5.11 Å². The second kappa shape index (κ2) is 5.15. The Morgan fingerprint density at radius 3 is 2.75 bits per heavy atom. The van der Waals surface area contributed by atoms with Gasteiger partial charge in [-0.1, -0.05) is 6.92 Å². The summed E-state index contributed by atoms with van der Waals surface area (Å²) in [5, 5.41) is 18.5. The summed E-state index contributed by atoms with van der Waals surface area (Å²) < 4.78 is 0. The van der Waals surface area contributed by atoms with Gasteiger partial charge in [-0.3, -0.25) is 10.1 Å². The van der Waals surface area contributed by atoms with E-state index in [-0.39, 0.29) is 0 Å². The molecule has 6 heteroatoms. The third-order valence-corrected chi connectivity index (χ3v) is 4.53. The Balaban J connectivity index is 2.02. The summed E-state index contributed by atoms with van der Waals surface area (Å²) in [6.07, 6.45) is 9.20. The second-order valence-corrected chi connectivity index (χ2v) is 5.50. The Morgan fingerprint density at radius 2 is 2.10 bits per heavy atom. The Labute approximate surface area is 120 Å². The van der Waals surface area contributed by atoms with Crippen molar-refractivity contribution in [3.8, 4) is 10.6 Å². The van der Waals surface area contributed by atoms with Crippen LogP contribution in [-0.2, 0) is 5.60 Å². The summed E-state index contributed by atoms with van der Waals surface area (Å²) in [6.45, 7) is 1.96. The maximum absolute atomic E-state index is 11.0. The van der Waals surface area contributed by atoms with E-state index in [0.29, 0.717) is 6.42 Å². The average Bonchev–Trinajstić information content (AvgIpc) is 3.18. The first-order valence-electron chi connectivity index (χ1n) is 6.32. The highest BCUT2D eigenvalue weighted by atomic mass is 32.1. The van der Waals surface area contributed by atoms with Crippen LogP contribution in [0.15, 0.2) is 43.1 Å². The van der Waals surface area contributed by atoms with Crippen molar-refractivity contribution in [1.82, 2.24) is 20.2 Å². The number of aromatic nitrogens is 4. The van der Waals surface area contributed by atoms with Gasteiger partial charge in [-0.2, -0.15) is 5.10 Å². The first-order chi connectivity index (χ1) is 9.74. The van der Waals surface area contributed by atoms with Crippen LogP contribution in [0.5, 0.6) is 0 Å². The molecule has 5 nitrogen and oxygen atoms in total. The van der Waals surface area contributed by atoms with Crippen molar-refractivity contribution in [3.05, 3.63) is 53.6 Å². The Bertz CT molecular complexity index is 680. The van der Waals surface area contributed by atoms with Gasteiger partial charge in [0, 0.05) is 30.4 Å². The SMILES string of the molecule is CCC(O)(c1ccncc1)c1cnc(-c2cn[nH]c2)s1. The van der Waals surface area contributed by atoms with E-state index in [1.807, 2.05) is 19.1 Å². The highest BCUT2D eigenvalue weighted by molar-refractivity contribution is 7.15. The number of nitrogens with zero attached hydrogens (tertiary/aromatic N) is 3. The minimum Gasteiger partial charge on any atom is -0.379 e. The molecule has 3 aromatic heterocycles. The van der Waals surface area contributed by atoms with Gasteiger partial charge in [0.25, 0.3) is 0 Å². The standard InChI is InChI=1S/C14H14N4OS/c1-2-14(19,11-3-5-15-6-4-11)12-9-16-13(20-12)10-7-17-18-8-10/h3-9,19H,2H2,1H3,(H,17,18). The largest absolute Gasteiger partial charge is 0.379 e. The zero-order valence-electron chi connectivity index (χ0n) is 10.9. The molecular weight excluding hydrogens is 272 g/mol. The van der Waals surface area contributed by atoms with Crippen LogP contribution >= 0.6 is 11.3 Å². The fourth-order valence-corrected chi connectivity index (χ4v) is 3.19. The number of rotatable bonds is 4. The van der Waals surface area contributed by atoms with Crippen molar-refractivity contribution in [1.29, 1.82) is 0 Å². The summed E-state index contributed by atoms with van der Waals surface area (Å²) in [6, 6.07) is 3.67. The minimum absolute atomic E-state index is 0.573. The number of hydrogen-bond donors (Lipinski definition) is 2. The molecule has 3 aromatic rings. The molecule has 2 N–H and O–H groups in total. The molecule has 0 aliphatic carbocycles. The van der Waals surface area contributed by atoms with Crippen molar-refractivity contribution in [3.63, 3.8) is 0 Å². The van der Waals surface area contributed by atoms with Gasteiger partial charge in [0.05, 0.1) is 11.1 Å². The first-order valence-corrected chi connectivity index (χ1v) is 7.14. The van der Waals surface area contributed by atoms with Crippen molar-refractivity contribution in [2.75, 3.05) is 0 Å². The van der Waals surface area contributed by atoms with Gasteiger partial charge in [-0.15, -0.1) is 11.3 Å². The Kier molecular flexibility index (Phi) is 3.33. The van der Waals surface area contributed by atoms with Crippen LogP contribution < -0.4 is 0 Å². The molecule has 0 amide bonds. The van der Waals surface area contributed by atoms with Crippen LogP contribution in [-0.4, -0.2) is 25.3 Å². The lowest BCUT2D eigenvalue weighted by Crippen LogP contribution is -2.24. The first kappa shape index (κ1) is 13.0. The second-order valence-electron chi connectivity index (χ2n) is 4.47. The number of nitrogens with one attached hydrogen (secondary N) is 1. The number of hydrogen-bond acceptors (Lipinski definition) is 5. The van der Waals surface area contributed by atoms with Gasteiger partial charge in [0.15, 0.2) is 0 Å². The molecule has 0 bridgehead atoms. The number of aliphatic hydroxyl groups is 1. The normalized spacial score (nSPS) is 14.1. The number of pyridine rings is 1. The van der Waals surface area contributed by atoms with Crippen LogP contribution in [0.25, 0.3) is 10.6 Å². The van der Waals surface area contributed by atoms with Crippen LogP contribution in [0.4, 0.5) is 0 Å². The predicted molar refractivity (Wildman–Crippen MR) is 77.2 cm³/mol. The molecule has 0 aromatic carbocycles. The summed E-state index contributed by atoms with van der Waals surface area (Å²) in [7, 11) is 0. The van der Waals surface area contributed by atoms with Gasteiger partial charge in [0.2, 0.25) is 0 Å². The van der Waals surface area contributed by atoms with E-state index in [1.165, 1.54) is 11.3 Å².